The van der Waals surface area contributed by atoms with Crippen LogP contribution in [-0.2, 0) is 0 Å². The number of aromatic nitrogens is 3. The fraction of sp³-hybridized carbons (Fsp3) is 0.167. The first kappa shape index (κ1) is 16.5. The van der Waals surface area contributed by atoms with Gasteiger partial charge in [-0.1, -0.05) is 0 Å². The third kappa shape index (κ3) is 3.77. The molecule has 0 saturated carbocycles. The van der Waals surface area contributed by atoms with E-state index in [9.17, 15) is 0 Å². The molecule has 2 heterocycles. The number of rotatable bonds is 6. The first-order valence-electron chi connectivity index (χ1n) is 7.46. The summed E-state index contributed by atoms with van der Waals surface area (Å²) in [7, 11) is 4.72. The average molecular weight is 339 g/mol. The number of hydrogen-bond acceptors (Lipinski definition) is 7. The number of methoxy groups -OCH3 is 3. The summed E-state index contributed by atoms with van der Waals surface area (Å²) in [5.74, 6) is 2.60. The summed E-state index contributed by atoms with van der Waals surface area (Å²) in [4.78, 5) is 12.8. The molecule has 1 aromatic carbocycles. The van der Waals surface area contributed by atoms with Crippen molar-refractivity contribution < 1.29 is 18.9 Å². The lowest BCUT2D eigenvalue weighted by molar-refractivity contribution is 0.385. The highest BCUT2D eigenvalue weighted by molar-refractivity contribution is 5.65. The maximum absolute atomic E-state index is 5.93. The highest BCUT2D eigenvalue weighted by atomic mass is 16.5. The Morgan fingerprint density at radius 2 is 1.36 bits per heavy atom. The molecule has 0 atom stereocenters. The van der Waals surface area contributed by atoms with Crippen LogP contribution < -0.4 is 18.9 Å². The normalized spacial score (nSPS) is 10.2. The summed E-state index contributed by atoms with van der Waals surface area (Å²) in [5, 5.41) is 0. The highest BCUT2D eigenvalue weighted by Gasteiger charge is 2.13. The van der Waals surface area contributed by atoms with Gasteiger partial charge >= 0.3 is 0 Å². The highest BCUT2D eigenvalue weighted by Crippen LogP contribution is 2.34. The van der Waals surface area contributed by atoms with Crippen molar-refractivity contribution in [2.45, 2.75) is 0 Å². The first-order valence-corrected chi connectivity index (χ1v) is 7.46. The standard InChI is InChI=1S/C18H17N3O4/c1-22-13-9-14(23-2)11-15(10-13)25-18-17(20-6-7-21-18)12-4-5-19-16(8-12)24-3/h4-11H,1-3H3. The van der Waals surface area contributed by atoms with E-state index in [-0.39, 0.29) is 0 Å². The van der Waals surface area contributed by atoms with Gasteiger partial charge in [-0.25, -0.2) is 15.0 Å². The Morgan fingerprint density at radius 1 is 0.680 bits per heavy atom. The molecule has 25 heavy (non-hydrogen) atoms. The predicted octanol–water partition coefficient (Wildman–Crippen LogP) is 3.36. The molecule has 0 amide bonds. The molecule has 0 aliphatic carbocycles. The van der Waals surface area contributed by atoms with Gasteiger partial charge in [0.2, 0.25) is 11.8 Å². The number of hydrogen-bond donors (Lipinski definition) is 0. The van der Waals surface area contributed by atoms with E-state index in [1.165, 1.54) is 0 Å². The zero-order valence-corrected chi connectivity index (χ0v) is 14.1. The Bertz CT molecular complexity index is 848. The molecule has 0 spiro atoms. The predicted molar refractivity (Wildman–Crippen MR) is 91.4 cm³/mol. The van der Waals surface area contributed by atoms with E-state index in [0.29, 0.717) is 34.7 Å². The summed E-state index contributed by atoms with van der Waals surface area (Å²) < 4.78 is 21.6. The van der Waals surface area contributed by atoms with E-state index < -0.39 is 0 Å². The molecule has 3 rings (SSSR count). The van der Waals surface area contributed by atoms with Gasteiger partial charge < -0.3 is 18.9 Å². The molecule has 7 nitrogen and oxygen atoms in total. The van der Waals surface area contributed by atoms with Crippen LogP contribution in [0.2, 0.25) is 0 Å². The second-order valence-electron chi connectivity index (χ2n) is 4.95. The van der Waals surface area contributed by atoms with Crippen molar-refractivity contribution in [3.63, 3.8) is 0 Å². The van der Waals surface area contributed by atoms with Crippen LogP contribution >= 0.6 is 0 Å². The molecular formula is C18H17N3O4. The van der Waals surface area contributed by atoms with Crippen LogP contribution in [0.4, 0.5) is 0 Å². The van der Waals surface area contributed by atoms with Crippen molar-refractivity contribution in [3.05, 3.63) is 48.9 Å². The molecule has 0 radical (unpaired) electrons. The van der Waals surface area contributed by atoms with Gasteiger partial charge in [-0.2, -0.15) is 0 Å². The lowest BCUT2D eigenvalue weighted by atomic mass is 10.2. The molecule has 0 unspecified atom stereocenters. The largest absolute Gasteiger partial charge is 0.496 e. The van der Waals surface area contributed by atoms with Crippen molar-refractivity contribution >= 4 is 0 Å². The fourth-order valence-electron chi connectivity index (χ4n) is 2.22. The van der Waals surface area contributed by atoms with Gasteiger partial charge in [-0.3, -0.25) is 0 Å². The number of benzene rings is 1. The minimum absolute atomic E-state index is 0.353. The van der Waals surface area contributed by atoms with E-state index in [2.05, 4.69) is 15.0 Å². The fourth-order valence-corrected chi connectivity index (χ4v) is 2.22. The summed E-state index contributed by atoms with van der Waals surface area (Å²) in [6.45, 7) is 0. The van der Waals surface area contributed by atoms with Gasteiger partial charge in [-0.15, -0.1) is 0 Å². The van der Waals surface area contributed by atoms with E-state index in [0.717, 1.165) is 5.56 Å². The molecular weight excluding hydrogens is 322 g/mol. The summed E-state index contributed by atoms with van der Waals surface area (Å²) >= 11 is 0. The quantitative estimate of drug-likeness (QED) is 0.681. The van der Waals surface area contributed by atoms with Crippen LogP contribution in [0.15, 0.2) is 48.9 Å². The van der Waals surface area contributed by atoms with Crippen molar-refractivity contribution in [3.8, 4) is 40.3 Å². The lowest BCUT2D eigenvalue weighted by Gasteiger charge is -2.12. The van der Waals surface area contributed by atoms with Crippen molar-refractivity contribution in [1.82, 2.24) is 15.0 Å². The van der Waals surface area contributed by atoms with Crippen LogP contribution in [-0.4, -0.2) is 36.3 Å². The second kappa shape index (κ2) is 7.48. The second-order valence-corrected chi connectivity index (χ2v) is 4.95. The van der Waals surface area contributed by atoms with Crippen LogP contribution in [0.25, 0.3) is 11.3 Å². The molecule has 0 fully saturated rings. The van der Waals surface area contributed by atoms with Crippen molar-refractivity contribution in [2.75, 3.05) is 21.3 Å². The van der Waals surface area contributed by atoms with Gasteiger partial charge in [-0.05, 0) is 6.07 Å². The monoisotopic (exact) mass is 339 g/mol. The van der Waals surface area contributed by atoms with Gasteiger partial charge in [0.1, 0.15) is 22.9 Å². The molecule has 0 bridgehead atoms. The van der Waals surface area contributed by atoms with Crippen molar-refractivity contribution in [1.29, 1.82) is 0 Å². The summed E-state index contributed by atoms with van der Waals surface area (Å²) in [6.07, 6.45) is 4.80. The molecule has 2 aromatic heterocycles. The Morgan fingerprint density at radius 3 is 2.04 bits per heavy atom. The molecule has 3 aromatic rings. The molecule has 0 aliphatic heterocycles. The molecule has 7 heteroatoms. The van der Waals surface area contributed by atoms with E-state index in [1.807, 2.05) is 6.07 Å². The zero-order valence-electron chi connectivity index (χ0n) is 14.1. The zero-order chi connectivity index (χ0) is 17.6. The van der Waals surface area contributed by atoms with Crippen LogP contribution in [0.3, 0.4) is 0 Å². The maximum Gasteiger partial charge on any atom is 0.246 e. The Labute approximate surface area is 145 Å². The SMILES string of the molecule is COc1cc(OC)cc(Oc2nccnc2-c2ccnc(OC)c2)c1. The van der Waals surface area contributed by atoms with E-state index in [4.69, 9.17) is 18.9 Å². The summed E-state index contributed by atoms with van der Waals surface area (Å²) in [5.41, 5.74) is 1.36. The Kier molecular flexibility index (Phi) is 4.94. The minimum Gasteiger partial charge on any atom is -0.496 e. The first-order chi connectivity index (χ1) is 12.2. The van der Waals surface area contributed by atoms with Gasteiger partial charge in [0, 0.05) is 48.4 Å². The van der Waals surface area contributed by atoms with Crippen LogP contribution in [0.5, 0.6) is 29.0 Å². The smallest absolute Gasteiger partial charge is 0.246 e. The Hall–Kier alpha value is -3.35. The van der Waals surface area contributed by atoms with Gasteiger partial charge in [0.25, 0.3) is 0 Å². The van der Waals surface area contributed by atoms with Crippen molar-refractivity contribution in [2.24, 2.45) is 0 Å². The molecule has 0 aliphatic rings. The molecule has 0 N–H and O–H groups in total. The van der Waals surface area contributed by atoms with E-state index in [1.54, 1.807) is 64.2 Å². The maximum atomic E-state index is 5.93. The third-order valence-corrected chi connectivity index (χ3v) is 3.42. The van der Waals surface area contributed by atoms with Crippen LogP contribution in [0, 0.1) is 0 Å². The lowest BCUT2D eigenvalue weighted by Crippen LogP contribution is -1.96. The van der Waals surface area contributed by atoms with Crippen LogP contribution in [0.1, 0.15) is 0 Å². The summed E-state index contributed by atoms with van der Waals surface area (Å²) in [6, 6.07) is 8.83. The minimum atomic E-state index is 0.353. The average Bonchev–Trinajstić information content (AvgIpc) is 2.68. The number of nitrogens with zero attached hydrogens (tertiary/aromatic N) is 3. The topological polar surface area (TPSA) is 75.6 Å². The van der Waals surface area contributed by atoms with Gasteiger partial charge in [0.15, 0.2) is 0 Å². The van der Waals surface area contributed by atoms with Gasteiger partial charge in [0.05, 0.1) is 21.3 Å². The number of pyridine rings is 1. The Balaban J connectivity index is 1.99. The molecule has 0 saturated heterocycles. The third-order valence-electron chi connectivity index (χ3n) is 3.42. The number of ether oxygens (including phenoxy) is 4. The van der Waals surface area contributed by atoms with E-state index >= 15 is 0 Å². The molecule has 128 valence electrons.